The van der Waals surface area contributed by atoms with Crippen molar-refractivity contribution in [3.63, 3.8) is 0 Å². The van der Waals surface area contributed by atoms with E-state index in [2.05, 4.69) is 9.62 Å². The number of nitrogens with zero attached hydrogens (tertiary/aromatic N) is 2. The summed E-state index contributed by atoms with van der Waals surface area (Å²) in [6.45, 7) is 4.63. The molecule has 3 rings (SSSR count). The van der Waals surface area contributed by atoms with E-state index < -0.39 is 15.4 Å². The van der Waals surface area contributed by atoms with Gasteiger partial charge in [0.15, 0.2) is 0 Å². The van der Waals surface area contributed by atoms with Gasteiger partial charge in [-0.1, -0.05) is 53.0 Å². The van der Waals surface area contributed by atoms with E-state index in [0.29, 0.717) is 34.6 Å². The first kappa shape index (κ1) is 28.2. The molecule has 1 aliphatic rings. The van der Waals surface area contributed by atoms with Crippen LogP contribution in [0.5, 0.6) is 0 Å². The predicted molar refractivity (Wildman–Crippen MR) is 144 cm³/mol. The van der Waals surface area contributed by atoms with Crippen LogP contribution in [0, 0.1) is 0 Å². The fraction of sp³-hybridized carbons (Fsp3) is 0.480. The van der Waals surface area contributed by atoms with Crippen molar-refractivity contribution in [1.29, 1.82) is 0 Å². The van der Waals surface area contributed by atoms with Crippen molar-refractivity contribution in [1.82, 2.24) is 14.5 Å². The van der Waals surface area contributed by atoms with Gasteiger partial charge in [-0.3, -0.25) is 4.79 Å². The number of nitrogens with one attached hydrogen (secondary N) is 1. The van der Waals surface area contributed by atoms with E-state index in [1.807, 2.05) is 37.3 Å². The lowest BCUT2D eigenvalue weighted by Gasteiger charge is -2.37. The summed E-state index contributed by atoms with van der Waals surface area (Å²) in [5.41, 5.74) is 0.979. The molecular formula is C25H32Cl3N3O3S. The van der Waals surface area contributed by atoms with Crippen LogP contribution in [0.15, 0.2) is 42.5 Å². The van der Waals surface area contributed by atoms with Gasteiger partial charge in [-0.05, 0) is 81.2 Å². The molecule has 35 heavy (non-hydrogen) atoms. The van der Waals surface area contributed by atoms with Crippen LogP contribution >= 0.6 is 34.8 Å². The van der Waals surface area contributed by atoms with Crippen molar-refractivity contribution in [3.8, 4) is 0 Å². The topological polar surface area (TPSA) is 69.7 Å². The molecule has 0 saturated carbocycles. The molecule has 1 heterocycles. The van der Waals surface area contributed by atoms with Gasteiger partial charge in [0.2, 0.25) is 15.9 Å². The summed E-state index contributed by atoms with van der Waals surface area (Å²) in [4.78, 5) is 17.9. The zero-order chi connectivity index (χ0) is 25.8. The number of carbonyl (C=O) groups excluding carboxylic acids is 1. The first-order valence-corrected chi connectivity index (χ1v) is 14.5. The summed E-state index contributed by atoms with van der Waals surface area (Å²) < 4.78 is 25.8. The second-order valence-electron chi connectivity index (χ2n) is 9.50. The van der Waals surface area contributed by atoms with Gasteiger partial charge in [-0.2, -0.15) is 0 Å². The first-order chi connectivity index (χ1) is 16.4. The van der Waals surface area contributed by atoms with Crippen molar-refractivity contribution < 1.29 is 13.2 Å². The summed E-state index contributed by atoms with van der Waals surface area (Å²) >= 11 is 18.5. The van der Waals surface area contributed by atoms with E-state index in [0.717, 1.165) is 37.1 Å². The predicted octanol–water partition coefficient (Wildman–Crippen LogP) is 4.97. The highest BCUT2D eigenvalue weighted by Gasteiger charge is 2.38. The smallest absolute Gasteiger partial charge is 0.233 e. The van der Waals surface area contributed by atoms with E-state index in [9.17, 15) is 13.2 Å². The summed E-state index contributed by atoms with van der Waals surface area (Å²) in [7, 11) is -1.42. The van der Waals surface area contributed by atoms with Crippen molar-refractivity contribution >= 4 is 50.7 Å². The number of halogens is 3. The molecule has 192 valence electrons. The van der Waals surface area contributed by atoms with Crippen LogP contribution < -0.4 is 4.72 Å². The fourth-order valence-corrected chi connectivity index (χ4v) is 5.79. The minimum atomic E-state index is -3.22. The zero-order valence-electron chi connectivity index (χ0n) is 20.2. The Balaban J connectivity index is 1.75. The van der Waals surface area contributed by atoms with Crippen molar-refractivity contribution in [2.45, 2.75) is 44.2 Å². The Bertz CT molecular complexity index is 1140. The second-order valence-corrected chi connectivity index (χ2v) is 12.5. The van der Waals surface area contributed by atoms with Gasteiger partial charge >= 0.3 is 0 Å². The molecule has 1 unspecified atom stereocenters. The molecule has 1 saturated heterocycles. The molecule has 2 aromatic rings. The molecule has 1 fully saturated rings. The monoisotopic (exact) mass is 559 g/mol. The number of hydrogen-bond acceptors (Lipinski definition) is 4. The molecule has 2 aromatic carbocycles. The largest absolute Gasteiger partial charge is 0.341 e. The molecule has 1 aliphatic heterocycles. The lowest BCUT2D eigenvalue weighted by Crippen LogP contribution is -2.48. The minimum Gasteiger partial charge on any atom is -0.341 e. The lowest BCUT2D eigenvalue weighted by atomic mass is 9.77. The number of rotatable bonds is 9. The van der Waals surface area contributed by atoms with Crippen LogP contribution in [0.25, 0.3) is 0 Å². The SMILES string of the molecule is CN(Cc1ccc(Cl)cc1)C(=O)C(C)(CCN1CCC(NS(C)(=O)=O)CC1)c1ccc(Cl)c(Cl)c1. The Morgan fingerprint density at radius 2 is 1.71 bits per heavy atom. The summed E-state index contributed by atoms with van der Waals surface area (Å²) in [6.07, 6.45) is 3.25. The third-order valence-corrected chi connectivity index (χ3v) is 8.36. The highest BCUT2D eigenvalue weighted by molar-refractivity contribution is 7.88. The first-order valence-electron chi connectivity index (χ1n) is 11.5. The molecule has 1 N–H and O–H groups in total. The Hall–Kier alpha value is -1.35. The van der Waals surface area contributed by atoms with Crippen molar-refractivity contribution in [3.05, 3.63) is 68.7 Å². The Morgan fingerprint density at radius 1 is 1.09 bits per heavy atom. The van der Waals surface area contributed by atoms with Gasteiger partial charge in [0, 0.05) is 24.7 Å². The van der Waals surface area contributed by atoms with Gasteiger partial charge in [0.1, 0.15) is 0 Å². The highest BCUT2D eigenvalue weighted by Crippen LogP contribution is 2.35. The number of likely N-dealkylation sites (tertiary alicyclic amines) is 1. The Kier molecular flexibility index (Phi) is 9.51. The maximum absolute atomic E-state index is 13.8. The zero-order valence-corrected chi connectivity index (χ0v) is 23.3. The maximum Gasteiger partial charge on any atom is 0.233 e. The summed E-state index contributed by atoms with van der Waals surface area (Å²) in [5, 5.41) is 1.51. The standard InChI is InChI=1S/C25H32Cl3N3O3S/c1-25(19-6-9-22(27)23(28)16-19,24(32)30(2)17-18-4-7-20(26)8-5-18)12-15-31-13-10-21(11-14-31)29-35(3,33)34/h4-9,16,21,29H,10-15,17H2,1-3H3. The van der Waals surface area contributed by atoms with Crippen LogP contribution in [-0.4, -0.2) is 63.1 Å². The van der Waals surface area contributed by atoms with Crippen molar-refractivity contribution in [2.75, 3.05) is 32.9 Å². The number of piperidine rings is 1. The van der Waals surface area contributed by atoms with Crippen LogP contribution in [0.4, 0.5) is 0 Å². The molecule has 0 radical (unpaired) electrons. The Labute approximate surface area is 223 Å². The second kappa shape index (κ2) is 11.8. The van der Waals surface area contributed by atoms with Gasteiger partial charge in [0.25, 0.3) is 0 Å². The number of likely N-dealkylation sites (N-methyl/N-ethyl adjacent to an activating group) is 1. The van der Waals surface area contributed by atoms with Crippen LogP contribution in [0.2, 0.25) is 15.1 Å². The molecule has 0 bridgehead atoms. The average Bonchev–Trinajstić information content (AvgIpc) is 2.80. The Morgan fingerprint density at radius 3 is 2.29 bits per heavy atom. The molecule has 6 nitrogen and oxygen atoms in total. The number of sulfonamides is 1. The van der Waals surface area contributed by atoms with Gasteiger partial charge in [0.05, 0.1) is 21.7 Å². The maximum atomic E-state index is 13.8. The van der Waals surface area contributed by atoms with E-state index >= 15 is 0 Å². The van der Waals surface area contributed by atoms with E-state index in [1.165, 1.54) is 6.26 Å². The molecule has 1 atom stereocenters. The summed E-state index contributed by atoms with van der Waals surface area (Å²) in [5.74, 6) is -0.0144. The number of carbonyl (C=O) groups is 1. The molecule has 10 heteroatoms. The van der Waals surface area contributed by atoms with Crippen molar-refractivity contribution in [2.24, 2.45) is 0 Å². The van der Waals surface area contributed by atoms with Gasteiger partial charge < -0.3 is 9.80 Å². The summed E-state index contributed by atoms with van der Waals surface area (Å²) in [6, 6.07) is 12.8. The molecule has 0 aromatic heterocycles. The number of hydrogen-bond donors (Lipinski definition) is 1. The average molecular weight is 561 g/mol. The fourth-order valence-electron chi connectivity index (χ4n) is 4.53. The quantitative estimate of drug-likeness (QED) is 0.470. The van der Waals surface area contributed by atoms with E-state index in [4.69, 9.17) is 34.8 Å². The molecule has 0 aliphatic carbocycles. The number of amides is 1. The van der Waals surface area contributed by atoms with Crippen LogP contribution in [0.3, 0.4) is 0 Å². The van der Waals surface area contributed by atoms with Crippen LogP contribution in [-0.2, 0) is 26.8 Å². The van der Waals surface area contributed by atoms with E-state index in [1.54, 1.807) is 24.1 Å². The third-order valence-electron chi connectivity index (χ3n) is 6.60. The molecular weight excluding hydrogens is 529 g/mol. The van der Waals surface area contributed by atoms with Crippen LogP contribution in [0.1, 0.15) is 37.3 Å². The lowest BCUT2D eigenvalue weighted by molar-refractivity contribution is -0.136. The van der Waals surface area contributed by atoms with Gasteiger partial charge in [-0.25, -0.2) is 13.1 Å². The van der Waals surface area contributed by atoms with Gasteiger partial charge in [-0.15, -0.1) is 0 Å². The molecule has 0 spiro atoms. The van der Waals surface area contributed by atoms with E-state index in [-0.39, 0.29) is 11.9 Å². The minimum absolute atomic E-state index is 0.0144. The normalized spacial score (nSPS) is 17.2. The third kappa shape index (κ3) is 7.81. The molecule has 1 amide bonds. The number of benzene rings is 2. The highest BCUT2D eigenvalue weighted by atomic mass is 35.5.